The number of aliphatic imine (C=N–C) groups is 1. The minimum Gasteiger partial charge on any atom is -0.497 e. The van der Waals surface area contributed by atoms with E-state index in [1.54, 1.807) is 7.11 Å². The van der Waals surface area contributed by atoms with Gasteiger partial charge in [0.05, 0.1) is 26.7 Å². The maximum Gasteiger partial charge on any atom is 0.310 e. The fourth-order valence-corrected chi connectivity index (χ4v) is 2.05. The van der Waals surface area contributed by atoms with Crippen LogP contribution in [0.25, 0.3) is 0 Å². The van der Waals surface area contributed by atoms with E-state index in [1.165, 1.54) is 7.11 Å². The van der Waals surface area contributed by atoms with Gasteiger partial charge >= 0.3 is 5.97 Å². The summed E-state index contributed by atoms with van der Waals surface area (Å²) < 4.78 is 9.89. The lowest BCUT2D eigenvalue weighted by Crippen LogP contribution is -2.39. The number of guanidine groups is 1. The van der Waals surface area contributed by atoms with Crippen LogP contribution in [-0.2, 0) is 16.1 Å². The first-order valence-electron chi connectivity index (χ1n) is 7.72. The number of carbonyl (C=O) groups is 1. The highest BCUT2D eigenvalue weighted by Crippen LogP contribution is 2.12. The Bertz CT molecular complexity index is 514. The van der Waals surface area contributed by atoms with E-state index in [0.29, 0.717) is 13.1 Å². The first kappa shape index (κ1) is 18.8. The minimum atomic E-state index is -0.261. The lowest BCUT2D eigenvalue weighted by molar-refractivity contribution is -0.144. The summed E-state index contributed by atoms with van der Waals surface area (Å²) in [4.78, 5) is 18.0. The Kier molecular flexibility index (Phi) is 7.94. The Labute approximate surface area is 138 Å². The molecular weight excluding hydrogens is 294 g/mol. The normalized spacial score (nSPS) is 12.5. The first-order valence-corrected chi connectivity index (χ1v) is 7.72. The Morgan fingerprint density at radius 1 is 1.30 bits per heavy atom. The van der Waals surface area contributed by atoms with Gasteiger partial charge in [0.1, 0.15) is 5.75 Å². The molecule has 128 valence electrons. The zero-order valence-electron chi connectivity index (χ0n) is 14.6. The van der Waals surface area contributed by atoms with Crippen LogP contribution in [0.4, 0.5) is 0 Å². The van der Waals surface area contributed by atoms with Gasteiger partial charge in [-0.05, 0) is 24.6 Å². The summed E-state index contributed by atoms with van der Waals surface area (Å²) in [5, 5.41) is 3.24. The Morgan fingerprint density at radius 3 is 2.48 bits per heavy atom. The monoisotopic (exact) mass is 321 g/mol. The average molecular weight is 321 g/mol. The number of nitrogens with one attached hydrogen (secondary N) is 1. The summed E-state index contributed by atoms with van der Waals surface area (Å²) >= 11 is 0. The number of hydrogen-bond acceptors (Lipinski definition) is 4. The van der Waals surface area contributed by atoms with Gasteiger partial charge in [0.15, 0.2) is 5.96 Å². The topological polar surface area (TPSA) is 63.2 Å². The van der Waals surface area contributed by atoms with Crippen LogP contribution in [0.3, 0.4) is 0 Å². The van der Waals surface area contributed by atoms with Crippen LogP contribution in [0.1, 0.15) is 19.4 Å². The molecule has 1 aromatic rings. The van der Waals surface area contributed by atoms with Crippen LogP contribution in [0.15, 0.2) is 29.3 Å². The van der Waals surface area contributed by atoms with E-state index in [0.717, 1.165) is 23.8 Å². The molecule has 0 saturated heterocycles. The van der Waals surface area contributed by atoms with Crippen LogP contribution in [-0.4, -0.2) is 51.2 Å². The Morgan fingerprint density at radius 2 is 1.96 bits per heavy atom. The van der Waals surface area contributed by atoms with Crippen LogP contribution in [0, 0.1) is 5.92 Å². The molecule has 6 nitrogen and oxygen atoms in total. The quantitative estimate of drug-likeness (QED) is 0.472. The maximum atomic E-state index is 11.5. The predicted octanol–water partition coefficient (Wildman–Crippen LogP) is 1.90. The van der Waals surface area contributed by atoms with Crippen molar-refractivity contribution in [3.8, 4) is 5.75 Å². The van der Waals surface area contributed by atoms with Crippen molar-refractivity contribution >= 4 is 11.9 Å². The molecule has 0 bridgehead atoms. The van der Waals surface area contributed by atoms with Crippen LogP contribution >= 0.6 is 0 Å². The maximum absolute atomic E-state index is 11.5. The molecule has 6 heteroatoms. The van der Waals surface area contributed by atoms with E-state index in [-0.39, 0.29) is 11.9 Å². The summed E-state index contributed by atoms with van der Waals surface area (Å²) in [6.07, 6.45) is 0. The van der Waals surface area contributed by atoms with E-state index in [4.69, 9.17) is 9.47 Å². The van der Waals surface area contributed by atoms with Gasteiger partial charge in [-0.25, -0.2) is 0 Å². The number of benzene rings is 1. The van der Waals surface area contributed by atoms with Gasteiger partial charge in [-0.2, -0.15) is 0 Å². The van der Waals surface area contributed by atoms with Gasteiger partial charge < -0.3 is 19.7 Å². The molecule has 0 radical (unpaired) electrons. The van der Waals surface area contributed by atoms with E-state index in [2.05, 4.69) is 10.3 Å². The summed E-state index contributed by atoms with van der Waals surface area (Å²) in [7, 11) is 5.01. The molecule has 0 heterocycles. The van der Waals surface area contributed by atoms with Gasteiger partial charge in [-0.15, -0.1) is 0 Å². The van der Waals surface area contributed by atoms with E-state index >= 15 is 0 Å². The zero-order chi connectivity index (χ0) is 17.2. The van der Waals surface area contributed by atoms with Crippen LogP contribution < -0.4 is 10.1 Å². The molecule has 1 atom stereocenters. The minimum absolute atomic E-state index is 0.248. The number of ether oxygens (including phenoxy) is 2. The molecule has 1 rings (SSSR count). The van der Waals surface area contributed by atoms with Crippen molar-refractivity contribution in [2.45, 2.75) is 20.4 Å². The smallest absolute Gasteiger partial charge is 0.310 e. The zero-order valence-corrected chi connectivity index (χ0v) is 14.6. The molecule has 1 N–H and O–H groups in total. The highest BCUT2D eigenvalue weighted by atomic mass is 16.5. The highest BCUT2D eigenvalue weighted by molar-refractivity contribution is 5.80. The Hall–Kier alpha value is -2.24. The number of methoxy groups -OCH3 is 2. The standard InChI is InChI=1S/C17H27N3O3/c1-6-18-17(19-11-13(2)16(21)23-5)20(3)12-14-7-9-15(22-4)10-8-14/h7-10,13H,6,11-12H2,1-5H3,(H,18,19). The second kappa shape index (κ2) is 9.71. The molecule has 0 fully saturated rings. The third-order valence-corrected chi connectivity index (χ3v) is 3.39. The van der Waals surface area contributed by atoms with Crippen molar-refractivity contribution in [2.24, 2.45) is 10.9 Å². The number of hydrogen-bond donors (Lipinski definition) is 1. The van der Waals surface area contributed by atoms with E-state index in [1.807, 2.05) is 50.1 Å². The fourth-order valence-electron chi connectivity index (χ4n) is 2.05. The summed E-state index contributed by atoms with van der Waals surface area (Å²) in [6.45, 7) is 5.69. The van der Waals surface area contributed by atoms with Crippen molar-refractivity contribution in [1.29, 1.82) is 0 Å². The molecule has 0 saturated carbocycles. The van der Waals surface area contributed by atoms with Gasteiger partial charge in [0, 0.05) is 20.1 Å². The molecule has 0 amide bonds. The van der Waals surface area contributed by atoms with Crippen molar-refractivity contribution in [2.75, 3.05) is 34.4 Å². The van der Waals surface area contributed by atoms with E-state index in [9.17, 15) is 4.79 Å². The Balaban J connectivity index is 2.72. The van der Waals surface area contributed by atoms with Gasteiger partial charge in [0.25, 0.3) is 0 Å². The molecular formula is C17H27N3O3. The highest BCUT2D eigenvalue weighted by Gasteiger charge is 2.14. The predicted molar refractivity (Wildman–Crippen MR) is 91.6 cm³/mol. The van der Waals surface area contributed by atoms with Crippen molar-refractivity contribution in [3.63, 3.8) is 0 Å². The van der Waals surface area contributed by atoms with Gasteiger partial charge in [0.2, 0.25) is 0 Å². The molecule has 0 aliphatic heterocycles. The molecule has 1 unspecified atom stereocenters. The van der Waals surface area contributed by atoms with E-state index < -0.39 is 0 Å². The molecule has 0 spiro atoms. The fraction of sp³-hybridized carbons (Fsp3) is 0.529. The lowest BCUT2D eigenvalue weighted by Gasteiger charge is -2.22. The number of rotatable bonds is 7. The van der Waals surface area contributed by atoms with Crippen LogP contribution in [0.2, 0.25) is 0 Å². The lowest BCUT2D eigenvalue weighted by atomic mass is 10.2. The van der Waals surface area contributed by atoms with Crippen molar-refractivity contribution < 1.29 is 14.3 Å². The SMILES string of the molecule is CCNC(=NCC(C)C(=O)OC)N(C)Cc1ccc(OC)cc1. The number of carbonyl (C=O) groups excluding carboxylic acids is 1. The van der Waals surface area contributed by atoms with Crippen LogP contribution in [0.5, 0.6) is 5.75 Å². The molecule has 1 aromatic carbocycles. The first-order chi connectivity index (χ1) is 11.0. The second-order valence-electron chi connectivity index (χ2n) is 5.32. The van der Waals surface area contributed by atoms with Crippen molar-refractivity contribution in [1.82, 2.24) is 10.2 Å². The molecule has 0 aliphatic rings. The molecule has 23 heavy (non-hydrogen) atoms. The second-order valence-corrected chi connectivity index (χ2v) is 5.32. The third kappa shape index (κ3) is 6.18. The third-order valence-electron chi connectivity index (χ3n) is 3.39. The largest absolute Gasteiger partial charge is 0.497 e. The number of nitrogens with zero attached hydrogens (tertiary/aromatic N) is 2. The summed E-state index contributed by atoms with van der Waals surface area (Å²) in [6, 6.07) is 7.92. The van der Waals surface area contributed by atoms with Crippen molar-refractivity contribution in [3.05, 3.63) is 29.8 Å². The summed E-state index contributed by atoms with van der Waals surface area (Å²) in [5.41, 5.74) is 1.15. The summed E-state index contributed by atoms with van der Waals surface area (Å²) in [5.74, 6) is 1.09. The molecule has 0 aromatic heterocycles. The molecule has 0 aliphatic carbocycles. The van der Waals surface area contributed by atoms with Gasteiger partial charge in [-0.1, -0.05) is 19.1 Å². The average Bonchev–Trinajstić information content (AvgIpc) is 2.58. The number of esters is 1. The van der Waals surface area contributed by atoms with Gasteiger partial charge in [-0.3, -0.25) is 9.79 Å².